The molecule has 2 nitrogen and oxygen atoms in total. The molecule has 2 N–H and O–H groups in total. The predicted molar refractivity (Wildman–Crippen MR) is 48.6 cm³/mol. The summed E-state index contributed by atoms with van der Waals surface area (Å²) >= 11 is 1.66. The van der Waals surface area contributed by atoms with Gasteiger partial charge in [0.15, 0.2) is 0 Å². The Morgan fingerprint density at radius 2 is 2.36 bits per heavy atom. The molecule has 0 aromatic carbocycles. The lowest BCUT2D eigenvalue weighted by Gasteiger charge is -2.02. The maximum Gasteiger partial charge on any atom is 0.0986 e. The SMILES string of the molecule is CSc1ncc(CN)cc1C. The summed E-state index contributed by atoms with van der Waals surface area (Å²) < 4.78 is 0. The first-order valence-corrected chi connectivity index (χ1v) is 4.70. The molecule has 0 bridgehead atoms. The number of aromatic nitrogens is 1. The van der Waals surface area contributed by atoms with Crippen molar-refractivity contribution >= 4 is 11.8 Å². The highest BCUT2D eigenvalue weighted by Crippen LogP contribution is 2.16. The largest absolute Gasteiger partial charge is 0.326 e. The molecule has 0 atom stereocenters. The lowest BCUT2D eigenvalue weighted by molar-refractivity contribution is 0.990. The van der Waals surface area contributed by atoms with Gasteiger partial charge >= 0.3 is 0 Å². The van der Waals surface area contributed by atoms with Crippen LogP contribution in [0.3, 0.4) is 0 Å². The third-order valence-corrected chi connectivity index (χ3v) is 2.33. The van der Waals surface area contributed by atoms with Crippen LogP contribution in [-0.2, 0) is 6.54 Å². The first-order valence-electron chi connectivity index (χ1n) is 3.47. The van der Waals surface area contributed by atoms with Crippen LogP contribution in [-0.4, -0.2) is 11.2 Å². The first-order chi connectivity index (χ1) is 5.27. The van der Waals surface area contributed by atoms with E-state index in [-0.39, 0.29) is 0 Å². The summed E-state index contributed by atoms with van der Waals surface area (Å²) in [6.45, 7) is 2.63. The van der Waals surface area contributed by atoms with E-state index in [1.807, 2.05) is 12.5 Å². The van der Waals surface area contributed by atoms with Gasteiger partial charge in [0.05, 0.1) is 5.03 Å². The van der Waals surface area contributed by atoms with Crippen molar-refractivity contribution in [3.05, 3.63) is 23.4 Å². The van der Waals surface area contributed by atoms with Crippen molar-refractivity contribution in [1.82, 2.24) is 4.98 Å². The predicted octanol–water partition coefficient (Wildman–Crippen LogP) is 1.57. The molecule has 60 valence electrons. The number of nitrogens with two attached hydrogens (primary N) is 1. The molecule has 0 fully saturated rings. The molecular weight excluding hydrogens is 156 g/mol. The van der Waals surface area contributed by atoms with E-state index in [1.165, 1.54) is 5.56 Å². The standard InChI is InChI=1S/C8H12N2S/c1-6-3-7(4-9)5-10-8(6)11-2/h3,5H,4,9H2,1-2H3. The van der Waals surface area contributed by atoms with Gasteiger partial charge in [0.2, 0.25) is 0 Å². The minimum Gasteiger partial charge on any atom is -0.326 e. The summed E-state index contributed by atoms with van der Waals surface area (Å²) in [5.41, 5.74) is 7.77. The van der Waals surface area contributed by atoms with Crippen LogP contribution in [0, 0.1) is 6.92 Å². The van der Waals surface area contributed by atoms with Crippen molar-refractivity contribution < 1.29 is 0 Å². The van der Waals surface area contributed by atoms with Gasteiger partial charge in [-0.3, -0.25) is 0 Å². The fraction of sp³-hybridized carbons (Fsp3) is 0.375. The van der Waals surface area contributed by atoms with Crippen LogP contribution in [0.5, 0.6) is 0 Å². The van der Waals surface area contributed by atoms with Crippen LogP contribution in [0.15, 0.2) is 17.3 Å². The summed E-state index contributed by atoms with van der Waals surface area (Å²) in [4.78, 5) is 4.25. The highest BCUT2D eigenvalue weighted by Gasteiger charge is 1.97. The molecule has 1 aromatic rings. The topological polar surface area (TPSA) is 38.9 Å². The molecule has 0 aliphatic heterocycles. The summed E-state index contributed by atoms with van der Waals surface area (Å²) in [6.07, 6.45) is 3.86. The Morgan fingerprint density at radius 3 is 2.82 bits per heavy atom. The average molecular weight is 168 g/mol. The number of hydrogen-bond acceptors (Lipinski definition) is 3. The molecule has 0 aliphatic rings. The van der Waals surface area contributed by atoms with Gasteiger partial charge in [-0.25, -0.2) is 4.98 Å². The van der Waals surface area contributed by atoms with Crippen LogP contribution < -0.4 is 5.73 Å². The molecule has 0 unspecified atom stereocenters. The summed E-state index contributed by atoms with van der Waals surface area (Å²) in [5, 5.41) is 1.09. The van der Waals surface area contributed by atoms with Gasteiger partial charge in [-0.1, -0.05) is 6.07 Å². The van der Waals surface area contributed by atoms with E-state index in [0.29, 0.717) is 6.54 Å². The van der Waals surface area contributed by atoms with Crippen LogP contribution in [0.2, 0.25) is 0 Å². The average Bonchev–Trinajstić information content (AvgIpc) is 2.04. The van der Waals surface area contributed by atoms with Crippen molar-refractivity contribution in [2.24, 2.45) is 5.73 Å². The Labute approximate surface area is 71.2 Å². The number of pyridine rings is 1. The molecular formula is C8H12N2S. The smallest absolute Gasteiger partial charge is 0.0986 e. The number of nitrogens with zero attached hydrogens (tertiary/aromatic N) is 1. The van der Waals surface area contributed by atoms with Gasteiger partial charge < -0.3 is 5.73 Å². The van der Waals surface area contributed by atoms with Gasteiger partial charge in [0.25, 0.3) is 0 Å². The van der Waals surface area contributed by atoms with Crippen molar-refractivity contribution in [3.8, 4) is 0 Å². The van der Waals surface area contributed by atoms with Gasteiger partial charge in [-0.2, -0.15) is 0 Å². The Balaban J connectivity index is 2.99. The lowest BCUT2D eigenvalue weighted by atomic mass is 10.2. The highest BCUT2D eigenvalue weighted by molar-refractivity contribution is 7.98. The third kappa shape index (κ3) is 1.94. The van der Waals surface area contributed by atoms with E-state index in [0.717, 1.165) is 10.6 Å². The van der Waals surface area contributed by atoms with Gasteiger partial charge in [-0.05, 0) is 24.3 Å². The number of hydrogen-bond donors (Lipinski definition) is 1. The fourth-order valence-electron chi connectivity index (χ4n) is 0.946. The lowest BCUT2D eigenvalue weighted by Crippen LogP contribution is -1.98. The Bertz CT molecular complexity index is 248. The second kappa shape index (κ2) is 3.74. The normalized spacial score (nSPS) is 10.1. The number of thioether (sulfide) groups is 1. The van der Waals surface area contributed by atoms with E-state index in [9.17, 15) is 0 Å². The van der Waals surface area contributed by atoms with E-state index in [4.69, 9.17) is 5.73 Å². The highest BCUT2D eigenvalue weighted by atomic mass is 32.2. The zero-order chi connectivity index (χ0) is 8.27. The van der Waals surface area contributed by atoms with E-state index in [2.05, 4.69) is 18.0 Å². The van der Waals surface area contributed by atoms with Gasteiger partial charge in [0.1, 0.15) is 0 Å². The Hall–Kier alpha value is -0.540. The van der Waals surface area contributed by atoms with Crippen molar-refractivity contribution in [2.75, 3.05) is 6.26 Å². The zero-order valence-corrected chi connectivity index (χ0v) is 7.61. The molecule has 1 rings (SSSR count). The second-order valence-electron chi connectivity index (χ2n) is 2.37. The monoisotopic (exact) mass is 168 g/mol. The Morgan fingerprint density at radius 1 is 1.64 bits per heavy atom. The first kappa shape index (κ1) is 8.56. The van der Waals surface area contributed by atoms with Crippen LogP contribution >= 0.6 is 11.8 Å². The molecule has 0 aliphatic carbocycles. The van der Waals surface area contributed by atoms with Crippen LogP contribution in [0.4, 0.5) is 0 Å². The molecule has 1 heterocycles. The molecule has 1 aromatic heterocycles. The van der Waals surface area contributed by atoms with E-state index >= 15 is 0 Å². The summed E-state index contributed by atoms with van der Waals surface area (Å²) in [5.74, 6) is 0. The Kier molecular flexibility index (Phi) is 2.91. The molecule has 0 saturated heterocycles. The molecule has 0 spiro atoms. The van der Waals surface area contributed by atoms with E-state index in [1.54, 1.807) is 11.8 Å². The quantitative estimate of drug-likeness (QED) is 0.681. The number of aryl methyl sites for hydroxylation is 1. The molecule has 0 amide bonds. The van der Waals surface area contributed by atoms with Crippen LogP contribution in [0.25, 0.3) is 0 Å². The van der Waals surface area contributed by atoms with E-state index < -0.39 is 0 Å². The van der Waals surface area contributed by atoms with Gasteiger partial charge in [0, 0.05) is 12.7 Å². The molecule has 11 heavy (non-hydrogen) atoms. The van der Waals surface area contributed by atoms with Gasteiger partial charge in [-0.15, -0.1) is 11.8 Å². The second-order valence-corrected chi connectivity index (χ2v) is 3.17. The summed E-state index contributed by atoms with van der Waals surface area (Å²) in [6, 6.07) is 2.08. The molecule has 0 radical (unpaired) electrons. The minimum atomic E-state index is 0.572. The maximum atomic E-state index is 5.46. The summed E-state index contributed by atoms with van der Waals surface area (Å²) in [7, 11) is 0. The van der Waals surface area contributed by atoms with Crippen molar-refractivity contribution in [3.63, 3.8) is 0 Å². The fourth-order valence-corrected chi connectivity index (χ4v) is 1.48. The van der Waals surface area contributed by atoms with Crippen molar-refractivity contribution in [1.29, 1.82) is 0 Å². The van der Waals surface area contributed by atoms with Crippen molar-refractivity contribution in [2.45, 2.75) is 18.5 Å². The molecule has 0 saturated carbocycles. The third-order valence-electron chi connectivity index (χ3n) is 1.52. The minimum absolute atomic E-state index is 0.572. The molecule has 3 heteroatoms. The maximum absolute atomic E-state index is 5.46. The zero-order valence-electron chi connectivity index (χ0n) is 6.79. The van der Waals surface area contributed by atoms with Crippen LogP contribution in [0.1, 0.15) is 11.1 Å². The number of rotatable bonds is 2.